The lowest BCUT2D eigenvalue weighted by atomic mass is 10.1. The average molecular weight is 748 g/mol. The summed E-state index contributed by atoms with van der Waals surface area (Å²) in [5, 5.41) is 0. The highest BCUT2D eigenvalue weighted by molar-refractivity contribution is 5.69. The molecule has 0 atom stereocenters. The van der Waals surface area contributed by atoms with Gasteiger partial charge in [-0.2, -0.15) is 0 Å². The van der Waals surface area contributed by atoms with Gasteiger partial charge < -0.3 is 18.9 Å². The molecule has 1 saturated heterocycles. The van der Waals surface area contributed by atoms with E-state index in [1.165, 1.54) is 167 Å². The van der Waals surface area contributed by atoms with E-state index in [-0.39, 0.29) is 12.1 Å². The molecule has 0 bridgehead atoms. The molecular formula is C47H89NO5. The standard InChI is InChI=1S/C47H89NO5/c1-3-5-7-9-11-13-15-17-19-21-23-25-27-29-31-33-40-51-44-46(53-47(49)36-35-37-48-38-42-50-43-39-48)45-52-41-34-32-30-28-26-24-22-20-18-16-14-12-10-8-6-4-2/h17-20,46H,3-16,21-45H2,1-2H3. The molecule has 53 heavy (non-hydrogen) atoms. The Labute approximate surface area is 330 Å². The van der Waals surface area contributed by atoms with E-state index >= 15 is 0 Å². The Bertz CT molecular complexity index is 750. The van der Waals surface area contributed by atoms with Gasteiger partial charge in [0.25, 0.3) is 0 Å². The number of morpholine rings is 1. The number of allylic oxidation sites excluding steroid dienone is 4. The molecule has 0 aromatic rings. The van der Waals surface area contributed by atoms with Crippen LogP contribution in [0, 0.1) is 0 Å². The van der Waals surface area contributed by atoms with Crippen LogP contribution in [0.4, 0.5) is 0 Å². The molecule has 0 amide bonds. The number of carbonyl (C=O) groups excluding carboxylic acids is 1. The van der Waals surface area contributed by atoms with Crippen molar-refractivity contribution in [2.75, 3.05) is 59.3 Å². The molecule has 1 rings (SSSR count). The van der Waals surface area contributed by atoms with Crippen LogP contribution in [-0.4, -0.2) is 76.2 Å². The summed E-state index contributed by atoms with van der Waals surface area (Å²) in [5.41, 5.74) is 0. The smallest absolute Gasteiger partial charge is 0.306 e. The Morgan fingerprint density at radius 2 is 0.906 bits per heavy atom. The number of esters is 1. The molecule has 0 aromatic heterocycles. The fourth-order valence-electron chi connectivity index (χ4n) is 6.97. The molecule has 0 saturated carbocycles. The summed E-state index contributed by atoms with van der Waals surface area (Å²) in [6.07, 6.45) is 47.0. The van der Waals surface area contributed by atoms with Gasteiger partial charge in [0, 0.05) is 32.7 Å². The molecule has 1 heterocycles. The van der Waals surface area contributed by atoms with Crippen LogP contribution in [0.1, 0.15) is 206 Å². The summed E-state index contributed by atoms with van der Waals surface area (Å²) in [4.78, 5) is 15.1. The molecule has 1 aliphatic heterocycles. The highest BCUT2D eigenvalue weighted by Crippen LogP contribution is 2.13. The first-order chi connectivity index (χ1) is 26.3. The maximum atomic E-state index is 12.7. The number of carbonyl (C=O) groups is 1. The predicted octanol–water partition coefficient (Wildman–Crippen LogP) is 13.1. The van der Waals surface area contributed by atoms with E-state index in [0.29, 0.717) is 19.6 Å². The highest BCUT2D eigenvalue weighted by atomic mass is 16.6. The van der Waals surface area contributed by atoms with Crippen LogP contribution in [0.3, 0.4) is 0 Å². The Balaban J connectivity index is 2.11. The van der Waals surface area contributed by atoms with Crippen LogP contribution in [0.5, 0.6) is 0 Å². The minimum absolute atomic E-state index is 0.134. The molecule has 0 N–H and O–H groups in total. The zero-order valence-electron chi connectivity index (χ0n) is 35.5. The van der Waals surface area contributed by atoms with Gasteiger partial charge in [0.2, 0.25) is 0 Å². The Morgan fingerprint density at radius 1 is 0.528 bits per heavy atom. The van der Waals surface area contributed by atoms with Gasteiger partial charge in [-0.25, -0.2) is 0 Å². The zero-order chi connectivity index (χ0) is 38.0. The van der Waals surface area contributed by atoms with Crippen LogP contribution in [0.25, 0.3) is 0 Å². The summed E-state index contributed by atoms with van der Waals surface area (Å²) in [7, 11) is 0. The topological polar surface area (TPSA) is 57.2 Å². The molecule has 6 nitrogen and oxygen atoms in total. The van der Waals surface area contributed by atoms with Gasteiger partial charge in [-0.05, 0) is 77.2 Å². The average Bonchev–Trinajstić information content (AvgIpc) is 3.17. The van der Waals surface area contributed by atoms with Crippen molar-refractivity contribution < 1.29 is 23.7 Å². The second-order valence-corrected chi connectivity index (χ2v) is 15.7. The van der Waals surface area contributed by atoms with Gasteiger partial charge in [0.15, 0.2) is 0 Å². The van der Waals surface area contributed by atoms with Gasteiger partial charge in [0.1, 0.15) is 6.10 Å². The van der Waals surface area contributed by atoms with Gasteiger partial charge in [-0.15, -0.1) is 0 Å². The molecule has 6 heteroatoms. The van der Waals surface area contributed by atoms with E-state index in [0.717, 1.165) is 65.3 Å². The Morgan fingerprint density at radius 3 is 1.32 bits per heavy atom. The lowest BCUT2D eigenvalue weighted by Crippen LogP contribution is -2.37. The molecule has 1 aliphatic rings. The SMILES string of the molecule is CCCCCCCCC=CCCCCCCCCOCC(COCCCCCCCCC=CCCCCCCCC)OC(=O)CCCN1CCOCC1. The van der Waals surface area contributed by atoms with E-state index in [1.807, 2.05) is 0 Å². The highest BCUT2D eigenvalue weighted by Gasteiger charge is 2.17. The second-order valence-electron chi connectivity index (χ2n) is 15.7. The summed E-state index contributed by atoms with van der Waals surface area (Å²) in [6.45, 7) is 11.3. The van der Waals surface area contributed by atoms with E-state index in [1.54, 1.807) is 0 Å². The van der Waals surface area contributed by atoms with Gasteiger partial charge >= 0.3 is 5.97 Å². The Kier molecular flexibility index (Phi) is 39.4. The first kappa shape index (κ1) is 49.8. The largest absolute Gasteiger partial charge is 0.457 e. The van der Waals surface area contributed by atoms with E-state index in [9.17, 15) is 4.79 Å². The van der Waals surface area contributed by atoms with Crippen LogP contribution >= 0.6 is 0 Å². The van der Waals surface area contributed by atoms with Crippen molar-refractivity contribution in [1.82, 2.24) is 4.90 Å². The fourth-order valence-corrected chi connectivity index (χ4v) is 6.97. The zero-order valence-corrected chi connectivity index (χ0v) is 35.5. The van der Waals surface area contributed by atoms with Gasteiger partial charge in [0.05, 0.1) is 26.4 Å². The van der Waals surface area contributed by atoms with Gasteiger partial charge in [-0.1, -0.05) is 154 Å². The maximum absolute atomic E-state index is 12.7. The molecule has 312 valence electrons. The first-order valence-corrected chi connectivity index (χ1v) is 23.2. The first-order valence-electron chi connectivity index (χ1n) is 23.2. The van der Waals surface area contributed by atoms with Gasteiger partial charge in [-0.3, -0.25) is 9.69 Å². The van der Waals surface area contributed by atoms with E-state index < -0.39 is 0 Å². The van der Waals surface area contributed by atoms with Crippen molar-refractivity contribution in [2.45, 2.75) is 213 Å². The maximum Gasteiger partial charge on any atom is 0.306 e. The van der Waals surface area contributed by atoms with Crippen LogP contribution in [-0.2, 0) is 23.7 Å². The third kappa shape index (κ3) is 37.5. The second kappa shape index (κ2) is 41.9. The molecule has 0 radical (unpaired) electrons. The van der Waals surface area contributed by atoms with Crippen LogP contribution in [0.15, 0.2) is 24.3 Å². The molecule has 0 aromatic carbocycles. The van der Waals surface area contributed by atoms with Crippen LogP contribution in [0.2, 0.25) is 0 Å². The predicted molar refractivity (Wildman–Crippen MR) is 227 cm³/mol. The normalized spacial score (nSPS) is 14.5. The molecule has 0 spiro atoms. The number of nitrogens with zero attached hydrogens (tertiary/aromatic N) is 1. The van der Waals surface area contributed by atoms with Crippen LogP contribution < -0.4 is 0 Å². The van der Waals surface area contributed by atoms with Crippen molar-refractivity contribution in [3.8, 4) is 0 Å². The summed E-state index contributed by atoms with van der Waals surface area (Å²) < 4.78 is 23.3. The number of unbranched alkanes of at least 4 members (excludes halogenated alkanes) is 24. The van der Waals surface area contributed by atoms with E-state index in [4.69, 9.17) is 18.9 Å². The van der Waals surface area contributed by atoms with E-state index in [2.05, 4.69) is 43.1 Å². The summed E-state index contributed by atoms with van der Waals surface area (Å²) in [5.74, 6) is -0.134. The minimum atomic E-state index is -0.325. The van der Waals surface area contributed by atoms with Crippen molar-refractivity contribution in [1.29, 1.82) is 0 Å². The van der Waals surface area contributed by atoms with Crippen molar-refractivity contribution >= 4 is 5.97 Å². The lowest BCUT2D eigenvalue weighted by Gasteiger charge is -2.26. The number of hydrogen-bond acceptors (Lipinski definition) is 6. The monoisotopic (exact) mass is 748 g/mol. The van der Waals surface area contributed by atoms with Crippen molar-refractivity contribution in [3.63, 3.8) is 0 Å². The molecule has 0 unspecified atom stereocenters. The third-order valence-corrected chi connectivity index (χ3v) is 10.5. The number of hydrogen-bond donors (Lipinski definition) is 0. The molecule has 0 aliphatic carbocycles. The van der Waals surface area contributed by atoms with Crippen molar-refractivity contribution in [2.24, 2.45) is 0 Å². The summed E-state index contributed by atoms with van der Waals surface area (Å²) >= 11 is 0. The molecular weight excluding hydrogens is 659 g/mol. The quantitative estimate of drug-likeness (QED) is 0.0353. The van der Waals surface area contributed by atoms with Crippen molar-refractivity contribution in [3.05, 3.63) is 24.3 Å². The number of ether oxygens (including phenoxy) is 4. The summed E-state index contributed by atoms with van der Waals surface area (Å²) in [6, 6.07) is 0. The fraction of sp³-hybridized carbons (Fsp3) is 0.894. The minimum Gasteiger partial charge on any atom is -0.457 e. The molecule has 1 fully saturated rings. The lowest BCUT2D eigenvalue weighted by molar-refractivity contribution is -0.156. The number of rotatable bonds is 41. The third-order valence-electron chi connectivity index (χ3n) is 10.5. The Hall–Kier alpha value is -1.21.